The minimum Gasteiger partial charge on any atom is -0.370 e. The molecule has 0 atom stereocenters. The number of hydrogen-bond acceptors (Lipinski definition) is 4. The van der Waals surface area contributed by atoms with E-state index in [0.717, 1.165) is 37.3 Å². The number of anilines is 2. The number of aromatic nitrogens is 2. The van der Waals surface area contributed by atoms with Crippen molar-refractivity contribution in [1.82, 2.24) is 9.97 Å². The fourth-order valence-electron chi connectivity index (χ4n) is 2.56. The molecule has 1 heterocycles. The van der Waals surface area contributed by atoms with Crippen LogP contribution in [-0.2, 0) is 12.8 Å². The van der Waals surface area contributed by atoms with Gasteiger partial charge in [0.1, 0.15) is 5.82 Å². The van der Waals surface area contributed by atoms with E-state index in [4.69, 9.17) is 5.73 Å². The van der Waals surface area contributed by atoms with Crippen molar-refractivity contribution in [1.29, 1.82) is 0 Å². The van der Waals surface area contributed by atoms with Crippen LogP contribution in [0.1, 0.15) is 43.0 Å². The van der Waals surface area contributed by atoms with Gasteiger partial charge in [0.05, 0.1) is 0 Å². The Balaban J connectivity index is 2.07. The highest BCUT2D eigenvalue weighted by atomic mass is 15.1. The number of unbranched alkanes of at least 4 members (excludes halogenated alkanes) is 2. The van der Waals surface area contributed by atoms with Gasteiger partial charge in [0.25, 0.3) is 0 Å². The molecule has 0 saturated heterocycles. The molecule has 4 heteroatoms. The summed E-state index contributed by atoms with van der Waals surface area (Å²) in [7, 11) is 0. The van der Waals surface area contributed by atoms with Crippen molar-refractivity contribution >= 4 is 11.8 Å². The van der Waals surface area contributed by atoms with Crippen LogP contribution in [0.25, 0.3) is 0 Å². The van der Waals surface area contributed by atoms with Crippen molar-refractivity contribution in [2.45, 2.75) is 46.0 Å². The minimum absolute atomic E-state index is 0.346. The van der Waals surface area contributed by atoms with Gasteiger partial charge in [0.15, 0.2) is 0 Å². The molecule has 3 N–H and O–H groups in total. The second-order valence-electron chi connectivity index (χ2n) is 5.61. The average Bonchev–Trinajstić information content (AvgIpc) is 2.51. The molecule has 2 aromatic rings. The lowest BCUT2D eigenvalue weighted by Crippen LogP contribution is -2.11. The molecule has 118 valence electrons. The quantitative estimate of drug-likeness (QED) is 0.728. The Hall–Kier alpha value is -2.10. The largest absolute Gasteiger partial charge is 0.370 e. The van der Waals surface area contributed by atoms with Gasteiger partial charge >= 0.3 is 0 Å². The Morgan fingerprint density at radius 1 is 1.05 bits per heavy atom. The Kier molecular flexibility index (Phi) is 6.19. The van der Waals surface area contributed by atoms with Gasteiger partial charge in [-0.1, -0.05) is 50.1 Å². The first-order valence-electron chi connectivity index (χ1n) is 8.11. The lowest BCUT2D eigenvalue weighted by atomic mass is 10.0. The third-order valence-electron chi connectivity index (χ3n) is 3.81. The second-order valence-corrected chi connectivity index (χ2v) is 5.61. The Morgan fingerprint density at radius 3 is 2.55 bits per heavy atom. The number of aryl methyl sites for hydroxylation is 2. The minimum atomic E-state index is 0.346. The first-order chi connectivity index (χ1) is 10.7. The molecule has 4 nitrogen and oxygen atoms in total. The van der Waals surface area contributed by atoms with Crippen LogP contribution < -0.4 is 11.1 Å². The predicted octanol–water partition coefficient (Wildman–Crippen LogP) is 3.75. The standard InChI is InChI=1S/C18H26N4/c1-3-4-8-13-20-17-16(14(2)21-18(19)22-17)12-11-15-9-6-5-7-10-15/h5-7,9-10H,3-4,8,11-13H2,1-2H3,(H3,19,20,21,22). The van der Waals surface area contributed by atoms with Gasteiger partial charge in [0, 0.05) is 17.8 Å². The Morgan fingerprint density at radius 2 is 1.82 bits per heavy atom. The summed E-state index contributed by atoms with van der Waals surface area (Å²) in [5, 5.41) is 3.43. The second kappa shape index (κ2) is 8.37. The molecule has 0 amide bonds. The molecule has 0 unspecified atom stereocenters. The van der Waals surface area contributed by atoms with Crippen molar-refractivity contribution in [3.8, 4) is 0 Å². The molecule has 0 bridgehead atoms. The molecule has 1 aromatic carbocycles. The Bertz CT molecular complexity index is 581. The fraction of sp³-hybridized carbons (Fsp3) is 0.444. The van der Waals surface area contributed by atoms with Crippen molar-refractivity contribution in [2.75, 3.05) is 17.6 Å². The van der Waals surface area contributed by atoms with E-state index < -0.39 is 0 Å². The zero-order chi connectivity index (χ0) is 15.8. The normalized spacial score (nSPS) is 10.6. The molecule has 0 radical (unpaired) electrons. The zero-order valence-corrected chi connectivity index (χ0v) is 13.6. The van der Waals surface area contributed by atoms with Crippen LogP contribution in [-0.4, -0.2) is 16.5 Å². The summed E-state index contributed by atoms with van der Waals surface area (Å²) < 4.78 is 0. The molecule has 0 spiro atoms. The SMILES string of the molecule is CCCCCNc1nc(N)nc(C)c1CCc1ccccc1. The lowest BCUT2D eigenvalue weighted by Gasteiger charge is -2.14. The highest BCUT2D eigenvalue weighted by Crippen LogP contribution is 2.20. The van der Waals surface area contributed by atoms with Gasteiger partial charge in [-0.2, -0.15) is 4.98 Å². The van der Waals surface area contributed by atoms with Crippen LogP contribution in [0, 0.1) is 6.92 Å². The third-order valence-corrected chi connectivity index (χ3v) is 3.81. The van der Waals surface area contributed by atoms with E-state index in [9.17, 15) is 0 Å². The summed E-state index contributed by atoms with van der Waals surface area (Å²) in [4.78, 5) is 8.72. The van der Waals surface area contributed by atoms with Gasteiger partial charge in [-0.25, -0.2) is 4.98 Å². The molecule has 2 rings (SSSR count). The zero-order valence-electron chi connectivity index (χ0n) is 13.6. The van der Waals surface area contributed by atoms with E-state index in [2.05, 4.69) is 46.5 Å². The molecular weight excluding hydrogens is 272 g/mol. The molecule has 1 aromatic heterocycles. The van der Waals surface area contributed by atoms with Crippen molar-refractivity contribution in [3.63, 3.8) is 0 Å². The van der Waals surface area contributed by atoms with E-state index in [1.165, 1.54) is 24.0 Å². The topological polar surface area (TPSA) is 63.8 Å². The van der Waals surface area contributed by atoms with Crippen molar-refractivity contribution in [2.24, 2.45) is 0 Å². The summed E-state index contributed by atoms with van der Waals surface area (Å²) in [6.07, 6.45) is 5.50. The van der Waals surface area contributed by atoms with Crippen molar-refractivity contribution in [3.05, 3.63) is 47.2 Å². The smallest absolute Gasteiger partial charge is 0.222 e. The molecular formula is C18H26N4. The van der Waals surface area contributed by atoms with E-state index in [1.807, 2.05) is 13.0 Å². The number of nitrogens with one attached hydrogen (secondary N) is 1. The van der Waals surface area contributed by atoms with Gasteiger partial charge < -0.3 is 11.1 Å². The Labute approximate surface area is 133 Å². The maximum absolute atomic E-state index is 5.80. The summed E-state index contributed by atoms with van der Waals surface area (Å²) in [6, 6.07) is 10.5. The number of hydrogen-bond donors (Lipinski definition) is 2. The molecule has 0 aliphatic carbocycles. The summed E-state index contributed by atoms with van der Waals surface area (Å²) in [6.45, 7) is 5.15. The van der Waals surface area contributed by atoms with Gasteiger partial charge in [0.2, 0.25) is 5.95 Å². The molecule has 0 saturated carbocycles. The molecule has 22 heavy (non-hydrogen) atoms. The van der Waals surface area contributed by atoms with Crippen LogP contribution in [0.3, 0.4) is 0 Å². The number of nitrogens with zero attached hydrogens (tertiary/aromatic N) is 2. The van der Waals surface area contributed by atoms with Crippen molar-refractivity contribution < 1.29 is 0 Å². The highest BCUT2D eigenvalue weighted by molar-refractivity contribution is 5.49. The van der Waals surface area contributed by atoms with Gasteiger partial charge in [-0.05, 0) is 31.7 Å². The number of nitrogens with two attached hydrogens (primary N) is 1. The number of nitrogen functional groups attached to an aromatic ring is 1. The van der Waals surface area contributed by atoms with Crippen LogP contribution in [0.2, 0.25) is 0 Å². The first-order valence-corrected chi connectivity index (χ1v) is 8.11. The number of benzene rings is 1. The maximum Gasteiger partial charge on any atom is 0.222 e. The summed E-state index contributed by atoms with van der Waals surface area (Å²) in [5.41, 5.74) is 9.28. The third kappa shape index (κ3) is 4.72. The number of rotatable bonds is 8. The molecule has 0 fully saturated rings. The fourth-order valence-corrected chi connectivity index (χ4v) is 2.56. The average molecular weight is 298 g/mol. The monoisotopic (exact) mass is 298 g/mol. The van der Waals surface area contributed by atoms with E-state index in [1.54, 1.807) is 0 Å². The first kappa shape index (κ1) is 16.3. The summed E-state index contributed by atoms with van der Waals surface area (Å²) in [5.74, 6) is 1.25. The molecule has 0 aliphatic heterocycles. The summed E-state index contributed by atoms with van der Waals surface area (Å²) >= 11 is 0. The van der Waals surface area contributed by atoms with Crippen LogP contribution in [0.5, 0.6) is 0 Å². The molecule has 0 aliphatic rings. The maximum atomic E-state index is 5.80. The van der Waals surface area contributed by atoms with E-state index in [-0.39, 0.29) is 0 Å². The van der Waals surface area contributed by atoms with E-state index >= 15 is 0 Å². The van der Waals surface area contributed by atoms with Crippen LogP contribution >= 0.6 is 0 Å². The lowest BCUT2D eigenvalue weighted by molar-refractivity contribution is 0.740. The highest BCUT2D eigenvalue weighted by Gasteiger charge is 2.10. The van der Waals surface area contributed by atoms with Crippen LogP contribution in [0.15, 0.2) is 30.3 Å². The van der Waals surface area contributed by atoms with Gasteiger partial charge in [-0.3, -0.25) is 0 Å². The van der Waals surface area contributed by atoms with Crippen LogP contribution in [0.4, 0.5) is 11.8 Å². The van der Waals surface area contributed by atoms with Gasteiger partial charge in [-0.15, -0.1) is 0 Å². The predicted molar refractivity (Wildman–Crippen MR) is 93.0 cm³/mol. The van der Waals surface area contributed by atoms with E-state index in [0.29, 0.717) is 5.95 Å².